The smallest absolute Gasteiger partial charge is 0.341 e. The van der Waals surface area contributed by atoms with Gasteiger partial charge in [-0.2, -0.15) is 13.2 Å². The lowest BCUT2D eigenvalue weighted by Gasteiger charge is -2.18. The normalized spacial score (nSPS) is 12.1. The van der Waals surface area contributed by atoms with Crippen molar-refractivity contribution in [3.05, 3.63) is 64.2 Å². The molecule has 0 bridgehead atoms. The van der Waals surface area contributed by atoms with E-state index in [0.29, 0.717) is 12.1 Å². The molecular weight excluding hydrogens is 455 g/mol. The molecule has 0 atom stereocenters. The first kappa shape index (κ1) is 24.0. The van der Waals surface area contributed by atoms with Crippen LogP contribution >= 0.6 is 11.6 Å². The van der Waals surface area contributed by atoms with Crippen LogP contribution in [0.15, 0.2) is 41.3 Å². The Labute approximate surface area is 174 Å². The van der Waals surface area contributed by atoms with Crippen molar-refractivity contribution in [2.24, 2.45) is 0 Å². The zero-order valence-corrected chi connectivity index (χ0v) is 17.0. The molecule has 12 heteroatoms. The number of benzene rings is 2. The van der Waals surface area contributed by atoms with Gasteiger partial charge in [-0.05, 0) is 24.3 Å². The third-order valence-corrected chi connectivity index (χ3v) is 5.82. The van der Waals surface area contributed by atoms with Crippen molar-refractivity contribution in [3.8, 4) is 0 Å². The van der Waals surface area contributed by atoms with E-state index in [2.05, 4.69) is 0 Å². The fourth-order valence-electron chi connectivity index (χ4n) is 2.45. The second-order valence-electron chi connectivity index (χ2n) is 6.27. The average Bonchev–Trinajstić information content (AvgIpc) is 2.62. The SMILES string of the molecule is CN(Cc1ccc(F)cc1F)C(=O)CCNS(=O)(=O)c1ccc(Cl)c(C(F)(F)F)c1. The number of carbonyl (C=O) groups is 1. The van der Waals surface area contributed by atoms with Crippen molar-refractivity contribution in [1.82, 2.24) is 9.62 Å². The van der Waals surface area contributed by atoms with Gasteiger partial charge in [0.2, 0.25) is 15.9 Å². The lowest BCUT2D eigenvalue weighted by atomic mass is 10.2. The summed E-state index contributed by atoms with van der Waals surface area (Å²) in [5.74, 6) is -2.16. The average molecular weight is 471 g/mol. The Kier molecular flexibility index (Phi) is 7.43. The summed E-state index contributed by atoms with van der Waals surface area (Å²) in [6, 6.07) is 5.00. The van der Waals surface area contributed by atoms with Gasteiger partial charge in [0, 0.05) is 38.2 Å². The van der Waals surface area contributed by atoms with E-state index in [-0.39, 0.29) is 18.5 Å². The minimum Gasteiger partial charge on any atom is -0.341 e. The molecule has 1 N–H and O–H groups in total. The maximum absolute atomic E-state index is 13.7. The lowest BCUT2D eigenvalue weighted by Crippen LogP contribution is -2.32. The number of halogens is 6. The molecule has 0 heterocycles. The highest BCUT2D eigenvalue weighted by Crippen LogP contribution is 2.35. The van der Waals surface area contributed by atoms with E-state index in [1.807, 2.05) is 4.72 Å². The number of amides is 1. The molecule has 0 aliphatic rings. The van der Waals surface area contributed by atoms with Crippen molar-refractivity contribution in [3.63, 3.8) is 0 Å². The molecule has 0 aliphatic heterocycles. The van der Waals surface area contributed by atoms with Crippen LogP contribution in [0.2, 0.25) is 5.02 Å². The van der Waals surface area contributed by atoms with E-state index in [4.69, 9.17) is 11.6 Å². The number of carbonyl (C=O) groups excluding carboxylic acids is 1. The Balaban J connectivity index is 1.99. The summed E-state index contributed by atoms with van der Waals surface area (Å²) in [4.78, 5) is 12.6. The van der Waals surface area contributed by atoms with Crippen LogP contribution in [0.25, 0.3) is 0 Å². The molecule has 2 aromatic rings. The van der Waals surface area contributed by atoms with Crippen LogP contribution in [0.4, 0.5) is 22.0 Å². The summed E-state index contributed by atoms with van der Waals surface area (Å²) in [6.07, 6.45) is -5.17. The molecule has 0 radical (unpaired) electrons. The van der Waals surface area contributed by atoms with Crippen LogP contribution in [0.3, 0.4) is 0 Å². The van der Waals surface area contributed by atoms with Gasteiger partial charge >= 0.3 is 6.18 Å². The lowest BCUT2D eigenvalue weighted by molar-refractivity contribution is -0.137. The molecule has 0 aromatic heterocycles. The second kappa shape index (κ2) is 9.27. The van der Waals surface area contributed by atoms with E-state index in [1.54, 1.807) is 0 Å². The monoisotopic (exact) mass is 470 g/mol. The molecule has 30 heavy (non-hydrogen) atoms. The number of nitrogens with zero attached hydrogens (tertiary/aromatic N) is 1. The molecular formula is C18H16ClF5N2O3S. The number of rotatable bonds is 7. The van der Waals surface area contributed by atoms with Gasteiger partial charge in [-0.3, -0.25) is 4.79 Å². The number of sulfonamides is 1. The zero-order chi connectivity index (χ0) is 22.7. The van der Waals surface area contributed by atoms with E-state index < -0.39 is 55.8 Å². The molecule has 2 aromatic carbocycles. The van der Waals surface area contributed by atoms with Crippen LogP contribution in [0.5, 0.6) is 0 Å². The number of nitrogens with one attached hydrogen (secondary N) is 1. The topological polar surface area (TPSA) is 66.5 Å². The Morgan fingerprint density at radius 1 is 1.13 bits per heavy atom. The van der Waals surface area contributed by atoms with Gasteiger partial charge in [-0.25, -0.2) is 21.9 Å². The summed E-state index contributed by atoms with van der Waals surface area (Å²) < 4.78 is 91.7. The third-order valence-electron chi connectivity index (χ3n) is 4.03. The summed E-state index contributed by atoms with van der Waals surface area (Å²) in [5.41, 5.74) is -1.24. The maximum Gasteiger partial charge on any atom is 0.417 e. The predicted octanol–water partition coefficient (Wildman–Crippen LogP) is 3.96. The van der Waals surface area contributed by atoms with Crippen molar-refractivity contribution in [2.75, 3.05) is 13.6 Å². The van der Waals surface area contributed by atoms with Gasteiger partial charge in [0.15, 0.2) is 0 Å². The van der Waals surface area contributed by atoms with Gasteiger partial charge < -0.3 is 4.90 Å². The van der Waals surface area contributed by atoms with E-state index in [1.165, 1.54) is 13.1 Å². The molecule has 2 rings (SSSR count). The van der Waals surface area contributed by atoms with Gasteiger partial charge in [0.1, 0.15) is 11.6 Å². The fraction of sp³-hybridized carbons (Fsp3) is 0.278. The van der Waals surface area contributed by atoms with Crippen LogP contribution in [-0.2, 0) is 27.5 Å². The van der Waals surface area contributed by atoms with Crippen LogP contribution in [0, 0.1) is 11.6 Å². The number of hydrogen-bond donors (Lipinski definition) is 1. The Morgan fingerprint density at radius 2 is 1.80 bits per heavy atom. The first-order valence-electron chi connectivity index (χ1n) is 8.35. The highest BCUT2D eigenvalue weighted by molar-refractivity contribution is 7.89. The third kappa shape index (κ3) is 6.13. The van der Waals surface area contributed by atoms with Crippen LogP contribution in [0.1, 0.15) is 17.5 Å². The second-order valence-corrected chi connectivity index (χ2v) is 8.45. The van der Waals surface area contributed by atoms with Gasteiger partial charge in [-0.1, -0.05) is 17.7 Å². The van der Waals surface area contributed by atoms with Crippen LogP contribution < -0.4 is 4.72 Å². The van der Waals surface area contributed by atoms with Gasteiger partial charge in [-0.15, -0.1) is 0 Å². The van der Waals surface area contributed by atoms with E-state index >= 15 is 0 Å². The molecule has 0 aliphatic carbocycles. The molecule has 0 saturated carbocycles. The molecule has 0 unspecified atom stereocenters. The quantitative estimate of drug-likeness (QED) is 0.623. The molecule has 164 valence electrons. The highest BCUT2D eigenvalue weighted by atomic mass is 35.5. The van der Waals surface area contributed by atoms with Crippen molar-refractivity contribution in [1.29, 1.82) is 0 Å². The van der Waals surface area contributed by atoms with E-state index in [0.717, 1.165) is 23.1 Å². The standard InChI is InChI=1S/C18H16ClF5N2O3S/c1-26(10-11-2-3-12(20)8-16(11)21)17(27)6-7-25-30(28,29)13-4-5-15(19)14(9-13)18(22,23)24/h2-5,8-9,25H,6-7,10H2,1H3. The molecule has 5 nitrogen and oxygen atoms in total. The van der Waals surface area contributed by atoms with Gasteiger partial charge in [0.05, 0.1) is 15.5 Å². The van der Waals surface area contributed by atoms with Crippen molar-refractivity contribution < 1.29 is 35.2 Å². The highest BCUT2D eigenvalue weighted by Gasteiger charge is 2.34. The Hall–Kier alpha value is -2.24. The van der Waals surface area contributed by atoms with Crippen molar-refractivity contribution in [2.45, 2.75) is 24.0 Å². The summed E-state index contributed by atoms with van der Waals surface area (Å²) in [6.45, 7) is -0.578. The van der Waals surface area contributed by atoms with Crippen molar-refractivity contribution >= 4 is 27.5 Å². The molecule has 0 fully saturated rings. The summed E-state index contributed by atoms with van der Waals surface area (Å²) in [5, 5.41) is -0.647. The molecule has 1 amide bonds. The Morgan fingerprint density at radius 3 is 2.40 bits per heavy atom. The molecule has 0 saturated heterocycles. The minimum atomic E-state index is -4.84. The zero-order valence-electron chi connectivity index (χ0n) is 15.4. The summed E-state index contributed by atoms with van der Waals surface area (Å²) >= 11 is 5.47. The summed E-state index contributed by atoms with van der Waals surface area (Å²) in [7, 11) is -2.99. The first-order chi connectivity index (χ1) is 13.8. The van der Waals surface area contributed by atoms with Gasteiger partial charge in [0.25, 0.3) is 0 Å². The van der Waals surface area contributed by atoms with E-state index in [9.17, 15) is 35.2 Å². The first-order valence-corrected chi connectivity index (χ1v) is 10.2. The maximum atomic E-state index is 13.7. The number of alkyl halides is 3. The predicted molar refractivity (Wildman–Crippen MR) is 99.1 cm³/mol. The van der Waals surface area contributed by atoms with Crippen LogP contribution in [-0.4, -0.2) is 32.8 Å². The largest absolute Gasteiger partial charge is 0.417 e. The number of hydrogen-bond acceptors (Lipinski definition) is 3. The fourth-order valence-corrected chi connectivity index (χ4v) is 3.73. The Bertz CT molecular complexity index is 1040. The minimum absolute atomic E-state index is 0.0636. The molecule has 0 spiro atoms.